The molecule has 26 heavy (non-hydrogen) atoms. The molecule has 4 aromatic rings. The number of nitrogens with one attached hydrogen (secondary N) is 1. The fourth-order valence-corrected chi connectivity index (χ4v) is 2.85. The van der Waals surface area contributed by atoms with E-state index in [9.17, 15) is 5.26 Å². The average Bonchev–Trinajstić information content (AvgIpc) is 3.35. The molecule has 0 aliphatic carbocycles. The first kappa shape index (κ1) is 15.5. The number of H-pyrrole nitrogens is 1. The van der Waals surface area contributed by atoms with Gasteiger partial charge in [0.15, 0.2) is 0 Å². The van der Waals surface area contributed by atoms with Crippen molar-refractivity contribution in [3.05, 3.63) is 60.6 Å². The number of nitrogens with zero attached hydrogens (tertiary/aromatic N) is 7. The summed E-state index contributed by atoms with van der Waals surface area (Å²) in [6.07, 6.45) is 7.02. The van der Waals surface area contributed by atoms with E-state index in [4.69, 9.17) is 5.26 Å². The second-order valence-corrected chi connectivity index (χ2v) is 5.61. The highest BCUT2D eigenvalue weighted by Crippen LogP contribution is 2.27. The van der Waals surface area contributed by atoms with Gasteiger partial charge in [-0.05, 0) is 18.2 Å². The predicted molar refractivity (Wildman–Crippen MR) is 92.4 cm³/mol. The van der Waals surface area contributed by atoms with Crippen molar-refractivity contribution in [3.63, 3.8) is 0 Å². The lowest BCUT2D eigenvalue weighted by Gasteiger charge is -2.13. The van der Waals surface area contributed by atoms with Crippen LogP contribution in [0.15, 0.2) is 49.2 Å². The third kappa shape index (κ3) is 2.66. The number of rotatable bonds is 4. The summed E-state index contributed by atoms with van der Waals surface area (Å²) in [5, 5.41) is 23.6. The predicted octanol–water partition coefficient (Wildman–Crippen LogP) is 2.59. The molecule has 0 saturated carbocycles. The van der Waals surface area contributed by atoms with Crippen LogP contribution in [0.1, 0.15) is 23.9 Å². The van der Waals surface area contributed by atoms with Gasteiger partial charge in [0.05, 0.1) is 30.1 Å². The lowest BCUT2D eigenvalue weighted by Crippen LogP contribution is -2.12. The molecule has 1 N–H and O–H groups in total. The number of aromatic amines is 1. The van der Waals surface area contributed by atoms with Crippen molar-refractivity contribution in [2.24, 2.45) is 0 Å². The lowest BCUT2D eigenvalue weighted by atomic mass is 10.1. The fourth-order valence-electron chi connectivity index (χ4n) is 2.85. The van der Waals surface area contributed by atoms with E-state index in [2.05, 4.69) is 31.1 Å². The largest absolute Gasteiger partial charge is 0.346 e. The minimum absolute atomic E-state index is 0.187. The van der Waals surface area contributed by atoms with E-state index in [1.807, 2.05) is 24.5 Å². The molecule has 8 nitrogen and oxygen atoms in total. The van der Waals surface area contributed by atoms with E-state index in [1.54, 1.807) is 29.1 Å². The molecule has 0 fully saturated rings. The smallest absolute Gasteiger partial charge is 0.141 e. The molecule has 1 unspecified atom stereocenters. The van der Waals surface area contributed by atoms with Gasteiger partial charge in [-0.25, -0.2) is 15.0 Å². The highest BCUT2D eigenvalue weighted by molar-refractivity contribution is 5.89. The Labute approximate surface area is 148 Å². The van der Waals surface area contributed by atoms with E-state index in [0.717, 1.165) is 22.3 Å². The number of fused-ring (bicyclic) bond motifs is 1. The molecule has 0 saturated heterocycles. The van der Waals surface area contributed by atoms with Gasteiger partial charge in [-0.1, -0.05) is 6.07 Å². The summed E-state index contributed by atoms with van der Waals surface area (Å²) >= 11 is 0. The zero-order valence-corrected chi connectivity index (χ0v) is 13.5. The Balaban J connectivity index is 1.76. The number of aromatic nitrogens is 6. The van der Waals surface area contributed by atoms with Crippen LogP contribution < -0.4 is 0 Å². The van der Waals surface area contributed by atoms with E-state index in [-0.39, 0.29) is 12.5 Å². The van der Waals surface area contributed by atoms with Crippen LogP contribution in [0.2, 0.25) is 0 Å². The van der Waals surface area contributed by atoms with Crippen LogP contribution >= 0.6 is 0 Å². The van der Waals surface area contributed by atoms with Gasteiger partial charge in [0.25, 0.3) is 0 Å². The SMILES string of the molecule is N#CCC(c1cccc(C#N)n1)n1cc(-c2ncnc3[nH]ccc23)cn1. The van der Waals surface area contributed by atoms with E-state index in [1.165, 1.54) is 6.33 Å². The molecule has 0 aliphatic heterocycles. The van der Waals surface area contributed by atoms with Crippen LogP contribution in [0.3, 0.4) is 0 Å². The standard InChI is InChI=1S/C18H12N8/c19-6-4-16(15-3-1-2-13(8-20)25-15)26-10-12(9-24-26)17-14-5-7-21-18(14)23-11-22-17/h1-3,5,7,9-11,16H,4H2,(H,21,22,23). The molecule has 4 rings (SSSR count). The number of pyridine rings is 1. The maximum atomic E-state index is 9.21. The summed E-state index contributed by atoms with van der Waals surface area (Å²) in [5.41, 5.74) is 3.26. The van der Waals surface area contributed by atoms with E-state index >= 15 is 0 Å². The van der Waals surface area contributed by atoms with Crippen LogP contribution in [-0.4, -0.2) is 29.7 Å². The molecule has 8 heteroatoms. The quantitative estimate of drug-likeness (QED) is 0.609. The zero-order valence-electron chi connectivity index (χ0n) is 13.5. The summed E-state index contributed by atoms with van der Waals surface area (Å²) in [7, 11) is 0. The molecule has 0 radical (unpaired) electrons. The molecule has 1 atom stereocenters. The van der Waals surface area contributed by atoms with E-state index < -0.39 is 0 Å². The maximum Gasteiger partial charge on any atom is 0.141 e. The minimum atomic E-state index is -0.384. The van der Waals surface area contributed by atoms with Gasteiger partial charge in [0.2, 0.25) is 0 Å². The molecule has 124 valence electrons. The van der Waals surface area contributed by atoms with Gasteiger partial charge in [-0.15, -0.1) is 0 Å². The van der Waals surface area contributed by atoms with E-state index in [0.29, 0.717) is 11.4 Å². The minimum Gasteiger partial charge on any atom is -0.346 e. The van der Waals surface area contributed by atoms with Gasteiger partial charge in [0, 0.05) is 23.3 Å². The molecular formula is C18H12N8. The molecule has 0 aliphatic rings. The van der Waals surface area contributed by atoms with Gasteiger partial charge < -0.3 is 4.98 Å². The molecule has 0 aromatic carbocycles. The molecule has 0 bridgehead atoms. The summed E-state index contributed by atoms with van der Waals surface area (Å²) < 4.78 is 1.68. The molecule has 0 amide bonds. The first-order valence-electron chi connectivity index (χ1n) is 7.87. The number of nitriles is 2. The third-order valence-corrected chi connectivity index (χ3v) is 4.06. The van der Waals surface area contributed by atoms with Gasteiger partial charge >= 0.3 is 0 Å². The van der Waals surface area contributed by atoms with Crippen molar-refractivity contribution in [2.45, 2.75) is 12.5 Å². The van der Waals surface area contributed by atoms with Gasteiger partial charge in [-0.2, -0.15) is 15.6 Å². The Morgan fingerprint density at radius 3 is 2.96 bits per heavy atom. The second kappa shape index (κ2) is 6.46. The van der Waals surface area contributed by atoms with Crippen molar-refractivity contribution < 1.29 is 0 Å². The van der Waals surface area contributed by atoms with Crippen LogP contribution in [-0.2, 0) is 0 Å². The summed E-state index contributed by atoms with van der Waals surface area (Å²) in [5.74, 6) is 0. The third-order valence-electron chi connectivity index (χ3n) is 4.06. The van der Waals surface area contributed by atoms with Crippen molar-refractivity contribution in [1.82, 2.24) is 29.7 Å². The van der Waals surface area contributed by atoms with Gasteiger partial charge in [-0.3, -0.25) is 4.68 Å². The molecule has 4 aromatic heterocycles. The highest BCUT2D eigenvalue weighted by Gasteiger charge is 2.18. The van der Waals surface area contributed by atoms with Crippen LogP contribution in [0.4, 0.5) is 0 Å². The molecule has 4 heterocycles. The fraction of sp³-hybridized carbons (Fsp3) is 0.111. The van der Waals surface area contributed by atoms with Crippen molar-refractivity contribution >= 4 is 11.0 Å². The Morgan fingerprint density at radius 1 is 1.19 bits per heavy atom. The zero-order chi connectivity index (χ0) is 17.9. The first-order valence-corrected chi connectivity index (χ1v) is 7.87. The summed E-state index contributed by atoms with van der Waals surface area (Å²) in [6, 6.07) is 10.9. The molecular weight excluding hydrogens is 328 g/mol. The molecule has 0 spiro atoms. The van der Waals surface area contributed by atoms with Crippen LogP contribution in [0, 0.1) is 22.7 Å². The van der Waals surface area contributed by atoms with Gasteiger partial charge in [0.1, 0.15) is 29.8 Å². The van der Waals surface area contributed by atoms with Crippen LogP contribution in [0.25, 0.3) is 22.3 Å². The average molecular weight is 340 g/mol. The van der Waals surface area contributed by atoms with Crippen LogP contribution in [0.5, 0.6) is 0 Å². The van der Waals surface area contributed by atoms with Crippen molar-refractivity contribution in [2.75, 3.05) is 0 Å². The first-order chi connectivity index (χ1) is 12.8. The maximum absolute atomic E-state index is 9.21. The lowest BCUT2D eigenvalue weighted by molar-refractivity contribution is 0.520. The summed E-state index contributed by atoms with van der Waals surface area (Å²) in [4.78, 5) is 15.9. The topological polar surface area (TPSA) is 120 Å². The Kier molecular flexibility index (Phi) is 3.85. The van der Waals surface area contributed by atoms with Crippen molar-refractivity contribution in [3.8, 4) is 23.4 Å². The monoisotopic (exact) mass is 340 g/mol. The second-order valence-electron chi connectivity index (χ2n) is 5.61. The Hall–Kier alpha value is -4.04. The normalized spacial score (nSPS) is 11.8. The number of hydrogen-bond donors (Lipinski definition) is 1. The number of hydrogen-bond acceptors (Lipinski definition) is 6. The summed E-state index contributed by atoms with van der Waals surface area (Å²) in [6.45, 7) is 0. The van der Waals surface area contributed by atoms with Crippen molar-refractivity contribution in [1.29, 1.82) is 10.5 Å². The Morgan fingerprint density at radius 2 is 2.12 bits per heavy atom. The Bertz CT molecular complexity index is 1160. The highest BCUT2D eigenvalue weighted by atomic mass is 15.3.